The van der Waals surface area contributed by atoms with Gasteiger partial charge >= 0.3 is 6.03 Å². The van der Waals surface area contributed by atoms with E-state index in [1.165, 1.54) is 5.56 Å². The maximum absolute atomic E-state index is 12.2. The molecule has 2 aromatic carbocycles. The van der Waals surface area contributed by atoms with Crippen molar-refractivity contribution in [2.45, 2.75) is 32.1 Å². The highest BCUT2D eigenvalue weighted by Crippen LogP contribution is 2.14. The number of carbonyl (C=O) groups is 2. The van der Waals surface area contributed by atoms with Gasteiger partial charge in [-0.3, -0.25) is 4.79 Å². The van der Waals surface area contributed by atoms with E-state index in [0.717, 1.165) is 63.2 Å². The molecule has 2 aromatic rings. The molecular formula is C23H30N4O2. The van der Waals surface area contributed by atoms with Gasteiger partial charge < -0.3 is 20.9 Å². The molecule has 0 bridgehead atoms. The fraction of sp³-hybridized carbons (Fsp3) is 0.391. The summed E-state index contributed by atoms with van der Waals surface area (Å²) in [6.45, 7) is 3.18. The Morgan fingerprint density at radius 2 is 1.52 bits per heavy atom. The van der Waals surface area contributed by atoms with Gasteiger partial charge in [-0.25, -0.2) is 4.79 Å². The number of urea groups is 1. The fourth-order valence-electron chi connectivity index (χ4n) is 3.36. The third-order valence-corrected chi connectivity index (χ3v) is 5.04. The van der Waals surface area contributed by atoms with Crippen molar-refractivity contribution < 1.29 is 9.59 Å². The van der Waals surface area contributed by atoms with Gasteiger partial charge in [0, 0.05) is 44.0 Å². The number of unbranched alkanes of at least 4 members (excludes halogenated alkanes) is 2. The average molecular weight is 395 g/mol. The van der Waals surface area contributed by atoms with Gasteiger partial charge in [-0.1, -0.05) is 36.8 Å². The minimum atomic E-state index is -0.0342. The zero-order valence-electron chi connectivity index (χ0n) is 16.8. The lowest BCUT2D eigenvalue weighted by atomic mass is 10.1. The van der Waals surface area contributed by atoms with Crippen LogP contribution in [0.5, 0.6) is 0 Å². The number of rotatable bonds is 8. The molecule has 0 radical (unpaired) electrons. The number of piperazine rings is 1. The van der Waals surface area contributed by atoms with E-state index in [-0.39, 0.29) is 11.9 Å². The van der Waals surface area contributed by atoms with Crippen molar-refractivity contribution in [3.05, 3.63) is 60.2 Å². The molecule has 0 aromatic heterocycles. The highest BCUT2D eigenvalue weighted by molar-refractivity contribution is 5.90. The summed E-state index contributed by atoms with van der Waals surface area (Å²) >= 11 is 0. The van der Waals surface area contributed by atoms with Crippen LogP contribution < -0.4 is 16.0 Å². The maximum atomic E-state index is 12.2. The van der Waals surface area contributed by atoms with E-state index >= 15 is 0 Å². The number of nitrogens with one attached hydrogen (secondary N) is 3. The summed E-state index contributed by atoms with van der Waals surface area (Å²) < 4.78 is 0. The summed E-state index contributed by atoms with van der Waals surface area (Å²) in [5.41, 5.74) is 2.93. The third kappa shape index (κ3) is 7.23. The van der Waals surface area contributed by atoms with Gasteiger partial charge in [-0.2, -0.15) is 0 Å². The zero-order valence-corrected chi connectivity index (χ0v) is 16.8. The first-order valence-corrected chi connectivity index (χ1v) is 10.4. The van der Waals surface area contributed by atoms with E-state index in [1.54, 1.807) is 0 Å². The standard InChI is InChI=1S/C23H30N4O2/c28-22(25-20-8-4-2-5-9-20)10-6-1-3-7-19-11-13-21(14-12-19)26-23(29)27-17-15-24-16-18-27/h2,4-5,8-9,11-14,24H,1,3,6-7,10,15-18H2,(H,25,28)(H,26,29). The summed E-state index contributed by atoms with van der Waals surface area (Å²) in [6, 6.07) is 17.6. The number of para-hydroxylation sites is 1. The van der Waals surface area contributed by atoms with Crippen molar-refractivity contribution in [3.63, 3.8) is 0 Å². The van der Waals surface area contributed by atoms with Crippen LogP contribution in [0.15, 0.2) is 54.6 Å². The predicted molar refractivity (Wildman–Crippen MR) is 117 cm³/mol. The lowest BCUT2D eigenvalue weighted by Gasteiger charge is -2.27. The monoisotopic (exact) mass is 394 g/mol. The first kappa shape index (κ1) is 20.9. The Morgan fingerprint density at radius 1 is 0.828 bits per heavy atom. The van der Waals surface area contributed by atoms with E-state index in [2.05, 4.69) is 28.1 Å². The van der Waals surface area contributed by atoms with E-state index in [9.17, 15) is 9.59 Å². The number of amides is 3. The molecule has 0 aliphatic carbocycles. The van der Waals surface area contributed by atoms with Gasteiger partial charge in [-0.15, -0.1) is 0 Å². The number of nitrogens with zero attached hydrogens (tertiary/aromatic N) is 1. The molecule has 6 heteroatoms. The highest BCUT2D eigenvalue weighted by atomic mass is 16.2. The Kier molecular flexibility index (Phi) is 8.07. The van der Waals surface area contributed by atoms with Crippen molar-refractivity contribution in [1.82, 2.24) is 10.2 Å². The molecule has 1 aliphatic heterocycles. The summed E-state index contributed by atoms with van der Waals surface area (Å²) in [6.07, 6.45) is 4.48. The van der Waals surface area contributed by atoms with Gasteiger partial charge in [-0.05, 0) is 49.1 Å². The second kappa shape index (κ2) is 11.2. The van der Waals surface area contributed by atoms with Crippen LogP contribution in [0.2, 0.25) is 0 Å². The molecule has 1 heterocycles. The summed E-state index contributed by atoms with van der Waals surface area (Å²) in [4.78, 5) is 26.0. The van der Waals surface area contributed by atoms with E-state index in [4.69, 9.17) is 0 Å². The molecule has 3 rings (SSSR count). The third-order valence-electron chi connectivity index (χ3n) is 5.04. The zero-order chi connectivity index (χ0) is 20.3. The van der Waals surface area contributed by atoms with Crippen LogP contribution in [0.1, 0.15) is 31.2 Å². The summed E-state index contributed by atoms with van der Waals surface area (Å²) in [7, 11) is 0. The molecule has 3 N–H and O–H groups in total. The molecule has 29 heavy (non-hydrogen) atoms. The number of benzene rings is 2. The van der Waals surface area contributed by atoms with Gasteiger partial charge in [0.1, 0.15) is 0 Å². The Balaban J connectivity index is 1.31. The molecule has 0 saturated carbocycles. The molecule has 0 atom stereocenters. The van der Waals surface area contributed by atoms with Crippen LogP contribution >= 0.6 is 0 Å². The first-order valence-electron chi connectivity index (χ1n) is 10.4. The highest BCUT2D eigenvalue weighted by Gasteiger charge is 2.15. The molecule has 3 amide bonds. The Hall–Kier alpha value is -2.86. The molecule has 6 nitrogen and oxygen atoms in total. The SMILES string of the molecule is O=C(CCCCCc1ccc(NC(=O)N2CCNCC2)cc1)Nc1ccccc1. The van der Waals surface area contributed by atoms with Crippen molar-refractivity contribution in [2.24, 2.45) is 0 Å². The van der Waals surface area contributed by atoms with Gasteiger partial charge in [0.15, 0.2) is 0 Å². The second-order valence-electron chi connectivity index (χ2n) is 7.34. The van der Waals surface area contributed by atoms with Crippen LogP contribution in [0.25, 0.3) is 0 Å². The van der Waals surface area contributed by atoms with Crippen molar-refractivity contribution in [1.29, 1.82) is 0 Å². The van der Waals surface area contributed by atoms with E-state index < -0.39 is 0 Å². The predicted octanol–water partition coefficient (Wildman–Crippen LogP) is 3.87. The summed E-state index contributed by atoms with van der Waals surface area (Å²) in [5, 5.41) is 9.12. The summed E-state index contributed by atoms with van der Waals surface area (Å²) in [5.74, 6) is 0.0702. The number of anilines is 2. The van der Waals surface area contributed by atoms with Crippen LogP contribution in [0.4, 0.5) is 16.2 Å². The van der Waals surface area contributed by atoms with Crippen LogP contribution in [0.3, 0.4) is 0 Å². The average Bonchev–Trinajstić information content (AvgIpc) is 2.76. The lowest BCUT2D eigenvalue weighted by Crippen LogP contribution is -2.48. The smallest absolute Gasteiger partial charge is 0.321 e. The molecule has 1 saturated heterocycles. The van der Waals surface area contributed by atoms with Gasteiger partial charge in [0.25, 0.3) is 0 Å². The molecule has 1 fully saturated rings. The maximum Gasteiger partial charge on any atom is 0.321 e. The largest absolute Gasteiger partial charge is 0.326 e. The quantitative estimate of drug-likeness (QED) is 0.595. The minimum absolute atomic E-state index is 0.0342. The molecule has 1 aliphatic rings. The van der Waals surface area contributed by atoms with Crippen LogP contribution in [-0.4, -0.2) is 43.0 Å². The van der Waals surface area contributed by atoms with Crippen molar-refractivity contribution in [2.75, 3.05) is 36.8 Å². The van der Waals surface area contributed by atoms with Crippen LogP contribution in [-0.2, 0) is 11.2 Å². The van der Waals surface area contributed by atoms with E-state index in [0.29, 0.717) is 6.42 Å². The first-order chi connectivity index (χ1) is 14.2. The van der Waals surface area contributed by atoms with Crippen LogP contribution in [0, 0.1) is 0 Å². The van der Waals surface area contributed by atoms with Gasteiger partial charge in [0.2, 0.25) is 5.91 Å². The van der Waals surface area contributed by atoms with E-state index in [1.807, 2.05) is 47.4 Å². The van der Waals surface area contributed by atoms with Crippen molar-refractivity contribution in [3.8, 4) is 0 Å². The number of carbonyl (C=O) groups excluding carboxylic acids is 2. The van der Waals surface area contributed by atoms with Gasteiger partial charge in [0.05, 0.1) is 0 Å². The molecule has 154 valence electrons. The molecule has 0 unspecified atom stereocenters. The minimum Gasteiger partial charge on any atom is -0.326 e. The number of aryl methyl sites for hydroxylation is 1. The molecule has 0 spiro atoms. The lowest BCUT2D eigenvalue weighted by molar-refractivity contribution is -0.116. The normalized spacial score (nSPS) is 13.7. The Morgan fingerprint density at radius 3 is 2.24 bits per heavy atom. The fourth-order valence-corrected chi connectivity index (χ4v) is 3.36. The van der Waals surface area contributed by atoms with Crippen molar-refractivity contribution >= 4 is 23.3 Å². The Bertz CT molecular complexity index is 771. The second-order valence-corrected chi connectivity index (χ2v) is 7.34. The number of hydrogen-bond acceptors (Lipinski definition) is 3. The molecular weight excluding hydrogens is 364 g/mol. The Labute approximate surface area is 172 Å². The number of hydrogen-bond donors (Lipinski definition) is 3. The topological polar surface area (TPSA) is 73.5 Å².